The third-order valence-corrected chi connectivity index (χ3v) is 3.50. The summed E-state index contributed by atoms with van der Waals surface area (Å²) in [5.74, 6) is 0.546. The van der Waals surface area contributed by atoms with E-state index in [1.165, 1.54) is 10.9 Å². The summed E-state index contributed by atoms with van der Waals surface area (Å²) in [5, 5.41) is 7.07. The lowest BCUT2D eigenvalue weighted by atomic mass is 10.4. The van der Waals surface area contributed by atoms with E-state index < -0.39 is 0 Å². The summed E-state index contributed by atoms with van der Waals surface area (Å²) in [6.07, 6.45) is 1.45. The maximum atomic E-state index is 12.0. The number of nitrogens with one attached hydrogen (secondary N) is 1. The largest absolute Gasteiger partial charge is 0.343 e. The number of imidazole rings is 1. The number of aryl methyl sites for hydroxylation is 2. The average Bonchev–Trinajstić information content (AvgIpc) is 2.82. The molecule has 0 aliphatic carbocycles. The molecule has 6 nitrogen and oxygen atoms in total. The first kappa shape index (κ1) is 13.6. The third kappa shape index (κ3) is 2.49. The van der Waals surface area contributed by atoms with E-state index in [0.29, 0.717) is 17.3 Å². The number of hydrogen-bond donors (Lipinski definition) is 1. The lowest BCUT2D eigenvalue weighted by molar-refractivity contribution is 0.0940. The Labute approximate surface area is 116 Å². The topological polar surface area (TPSA) is 64.7 Å². The summed E-state index contributed by atoms with van der Waals surface area (Å²) >= 11 is 5.92. The summed E-state index contributed by atoms with van der Waals surface area (Å²) in [6.45, 7) is 4.29. The third-order valence-electron chi connectivity index (χ3n) is 3.23. The number of halogens is 1. The van der Waals surface area contributed by atoms with Gasteiger partial charge in [0.2, 0.25) is 0 Å². The molecule has 7 heteroatoms. The molecule has 0 aliphatic heterocycles. The number of amides is 1. The highest BCUT2D eigenvalue weighted by Crippen LogP contribution is 2.14. The highest BCUT2D eigenvalue weighted by Gasteiger charge is 2.16. The zero-order valence-corrected chi connectivity index (χ0v) is 12.1. The van der Waals surface area contributed by atoms with Crippen LogP contribution in [-0.2, 0) is 20.6 Å². The quantitative estimate of drug-likeness (QED) is 0.924. The Balaban J connectivity index is 2.11. The van der Waals surface area contributed by atoms with Crippen molar-refractivity contribution in [3.05, 3.63) is 34.1 Å². The van der Waals surface area contributed by atoms with E-state index in [4.69, 9.17) is 11.6 Å². The SMILES string of the molecule is Cc1nc(CNC(=O)c2c(Cl)cnn2C)n(C)c1C. The first-order valence-electron chi connectivity index (χ1n) is 5.86. The molecule has 0 unspecified atom stereocenters. The number of nitrogens with zero attached hydrogens (tertiary/aromatic N) is 4. The summed E-state index contributed by atoms with van der Waals surface area (Å²) in [6, 6.07) is 0. The molecule has 0 bridgehead atoms. The van der Waals surface area contributed by atoms with E-state index in [9.17, 15) is 4.79 Å². The Hall–Kier alpha value is -1.82. The van der Waals surface area contributed by atoms with E-state index in [-0.39, 0.29) is 5.91 Å². The van der Waals surface area contributed by atoms with Gasteiger partial charge in [-0.2, -0.15) is 5.10 Å². The highest BCUT2D eigenvalue weighted by atomic mass is 35.5. The van der Waals surface area contributed by atoms with Gasteiger partial charge in [-0.1, -0.05) is 11.6 Å². The monoisotopic (exact) mass is 281 g/mol. The molecular formula is C12H16ClN5O. The van der Waals surface area contributed by atoms with Crippen molar-refractivity contribution < 1.29 is 4.79 Å². The predicted octanol–water partition coefficient (Wildman–Crippen LogP) is 1.35. The van der Waals surface area contributed by atoms with E-state index in [2.05, 4.69) is 15.4 Å². The van der Waals surface area contributed by atoms with Gasteiger partial charge in [0.05, 0.1) is 23.5 Å². The molecule has 1 amide bonds. The van der Waals surface area contributed by atoms with Crippen LogP contribution in [-0.4, -0.2) is 25.2 Å². The second kappa shape index (κ2) is 5.05. The zero-order chi connectivity index (χ0) is 14.2. The molecule has 19 heavy (non-hydrogen) atoms. The summed E-state index contributed by atoms with van der Waals surface area (Å²) in [4.78, 5) is 16.4. The van der Waals surface area contributed by atoms with Crippen LogP contribution in [0.15, 0.2) is 6.20 Å². The van der Waals surface area contributed by atoms with Crippen molar-refractivity contribution in [3.63, 3.8) is 0 Å². The van der Waals surface area contributed by atoms with Gasteiger partial charge in [-0.05, 0) is 13.8 Å². The van der Waals surface area contributed by atoms with Crippen molar-refractivity contribution in [2.24, 2.45) is 14.1 Å². The maximum absolute atomic E-state index is 12.0. The number of hydrogen-bond acceptors (Lipinski definition) is 3. The standard InChI is InChI=1S/C12H16ClN5O/c1-7-8(2)17(3)10(16-7)6-14-12(19)11-9(13)5-15-18(11)4/h5H,6H2,1-4H3,(H,14,19). The normalized spacial score (nSPS) is 10.8. The Morgan fingerprint density at radius 1 is 1.42 bits per heavy atom. The van der Waals surface area contributed by atoms with Gasteiger partial charge in [0.1, 0.15) is 11.5 Å². The Morgan fingerprint density at radius 3 is 2.58 bits per heavy atom. The van der Waals surface area contributed by atoms with Crippen molar-refractivity contribution in [1.82, 2.24) is 24.6 Å². The highest BCUT2D eigenvalue weighted by molar-refractivity contribution is 6.33. The molecule has 0 saturated heterocycles. The Morgan fingerprint density at radius 2 is 2.11 bits per heavy atom. The van der Waals surface area contributed by atoms with Crippen LogP contribution in [0.4, 0.5) is 0 Å². The fourth-order valence-electron chi connectivity index (χ4n) is 1.85. The minimum absolute atomic E-state index is 0.261. The van der Waals surface area contributed by atoms with Crippen LogP contribution in [0.1, 0.15) is 27.7 Å². The molecule has 0 saturated carbocycles. The zero-order valence-electron chi connectivity index (χ0n) is 11.4. The molecular weight excluding hydrogens is 266 g/mol. The maximum Gasteiger partial charge on any atom is 0.271 e. The summed E-state index contributed by atoms with van der Waals surface area (Å²) in [5.41, 5.74) is 2.40. The molecule has 0 aromatic carbocycles. The first-order valence-corrected chi connectivity index (χ1v) is 6.24. The summed E-state index contributed by atoms with van der Waals surface area (Å²) < 4.78 is 3.41. The minimum Gasteiger partial charge on any atom is -0.343 e. The van der Waals surface area contributed by atoms with Crippen LogP contribution in [0.2, 0.25) is 5.02 Å². The van der Waals surface area contributed by atoms with Crippen LogP contribution in [0.3, 0.4) is 0 Å². The predicted molar refractivity (Wildman–Crippen MR) is 72.1 cm³/mol. The van der Waals surface area contributed by atoms with E-state index >= 15 is 0 Å². The van der Waals surface area contributed by atoms with Crippen molar-refractivity contribution in [3.8, 4) is 0 Å². The fraction of sp³-hybridized carbons (Fsp3) is 0.417. The van der Waals surface area contributed by atoms with Gasteiger partial charge in [-0.3, -0.25) is 9.48 Å². The Kier molecular flexibility index (Phi) is 3.61. The second-order valence-corrected chi connectivity index (χ2v) is 4.81. The molecule has 0 radical (unpaired) electrons. The van der Waals surface area contributed by atoms with Gasteiger partial charge in [0.25, 0.3) is 5.91 Å². The van der Waals surface area contributed by atoms with Crippen LogP contribution in [0, 0.1) is 13.8 Å². The van der Waals surface area contributed by atoms with Crippen molar-refractivity contribution in [1.29, 1.82) is 0 Å². The van der Waals surface area contributed by atoms with Crippen molar-refractivity contribution in [2.45, 2.75) is 20.4 Å². The fourth-order valence-corrected chi connectivity index (χ4v) is 2.10. The molecule has 2 aromatic rings. The number of carbonyl (C=O) groups excluding carboxylic acids is 1. The van der Waals surface area contributed by atoms with Crippen molar-refractivity contribution >= 4 is 17.5 Å². The summed E-state index contributed by atoms with van der Waals surface area (Å²) in [7, 11) is 3.60. The van der Waals surface area contributed by atoms with Crippen LogP contribution >= 0.6 is 11.6 Å². The van der Waals surface area contributed by atoms with Crippen LogP contribution < -0.4 is 5.32 Å². The van der Waals surface area contributed by atoms with Gasteiger partial charge < -0.3 is 9.88 Å². The van der Waals surface area contributed by atoms with E-state index in [0.717, 1.165) is 17.2 Å². The second-order valence-electron chi connectivity index (χ2n) is 4.41. The first-order chi connectivity index (χ1) is 8.91. The number of aromatic nitrogens is 4. The smallest absolute Gasteiger partial charge is 0.271 e. The van der Waals surface area contributed by atoms with Crippen LogP contribution in [0.25, 0.3) is 0 Å². The molecule has 0 aliphatic rings. The Bertz CT molecular complexity index is 609. The van der Waals surface area contributed by atoms with Gasteiger partial charge in [0.15, 0.2) is 0 Å². The van der Waals surface area contributed by atoms with Gasteiger partial charge in [0, 0.05) is 19.8 Å². The molecule has 2 heterocycles. The lowest BCUT2D eigenvalue weighted by Crippen LogP contribution is -2.26. The molecule has 1 N–H and O–H groups in total. The molecule has 0 spiro atoms. The number of carbonyl (C=O) groups is 1. The molecule has 2 rings (SSSR count). The minimum atomic E-state index is -0.261. The van der Waals surface area contributed by atoms with E-state index in [1.54, 1.807) is 7.05 Å². The van der Waals surface area contributed by atoms with Gasteiger partial charge in [-0.15, -0.1) is 0 Å². The van der Waals surface area contributed by atoms with Crippen LogP contribution in [0.5, 0.6) is 0 Å². The molecule has 0 atom stereocenters. The van der Waals surface area contributed by atoms with Gasteiger partial charge >= 0.3 is 0 Å². The molecule has 102 valence electrons. The van der Waals surface area contributed by atoms with Crippen molar-refractivity contribution in [2.75, 3.05) is 0 Å². The molecule has 0 fully saturated rings. The number of rotatable bonds is 3. The van der Waals surface area contributed by atoms with E-state index in [1.807, 2.05) is 25.5 Å². The molecule has 2 aromatic heterocycles. The van der Waals surface area contributed by atoms with Gasteiger partial charge in [-0.25, -0.2) is 4.98 Å². The average molecular weight is 282 g/mol. The lowest BCUT2D eigenvalue weighted by Gasteiger charge is -2.06.